The third kappa shape index (κ3) is 4.24. The number of amides is 1. The number of hydrogen-bond donors (Lipinski definition) is 1. The van der Waals surface area contributed by atoms with Crippen molar-refractivity contribution in [3.63, 3.8) is 0 Å². The number of hydrogen-bond acceptors (Lipinski definition) is 6. The van der Waals surface area contributed by atoms with E-state index >= 15 is 0 Å². The number of halogens is 1. The van der Waals surface area contributed by atoms with E-state index in [0.29, 0.717) is 33.7 Å². The maximum absolute atomic E-state index is 13.8. The molecule has 4 aromatic rings. The molecule has 0 radical (unpaired) electrons. The second-order valence-electron chi connectivity index (χ2n) is 8.56. The summed E-state index contributed by atoms with van der Waals surface area (Å²) in [5.74, 6) is -1.64. The summed E-state index contributed by atoms with van der Waals surface area (Å²) in [6, 6.07) is 17.4. The number of ketones is 1. The van der Waals surface area contributed by atoms with E-state index in [1.807, 2.05) is 26.0 Å². The first-order valence-electron chi connectivity index (χ1n) is 11.5. The number of carbonyl (C=O) groups excluding carboxylic acids is 2. The summed E-state index contributed by atoms with van der Waals surface area (Å²) in [6.45, 7) is 4.49. The Bertz CT molecular complexity index is 1490. The summed E-state index contributed by atoms with van der Waals surface area (Å²) in [7, 11) is 0. The maximum atomic E-state index is 13.8. The molecule has 1 unspecified atom stereocenters. The zero-order valence-electron chi connectivity index (χ0n) is 19.7. The van der Waals surface area contributed by atoms with Gasteiger partial charge in [0.05, 0.1) is 28.4 Å². The first kappa shape index (κ1) is 23.7. The van der Waals surface area contributed by atoms with Crippen molar-refractivity contribution in [1.82, 2.24) is 4.98 Å². The molecular formula is C28H23FN2O4S. The van der Waals surface area contributed by atoms with Crippen LogP contribution >= 0.6 is 11.3 Å². The number of aryl methyl sites for hydroxylation is 1. The Morgan fingerprint density at radius 1 is 1.08 bits per heavy atom. The lowest BCUT2D eigenvalue weighted by Gasteiger charge is -2.23. The molecule has 1 atom stereocenters. The van der Waals surface area contributed by atoms with Crippen molar-refractivity contribution >= 4 is 44.1 Å². The predicted molar refractivity (Wildman–Crippen MR) is 138 cm³/mol. The molecule has 1 amide bonds. The molecule has 1 aromatic heterocycles. The molecule has 1 saturated heterocycles. The van der Waals surface area contributed by atoms with Crippen LogP contribution in [0.2, 0.25) is 0 Å². The van der Waals surface area contributed by atoms with Crippen molar-refractivity contribution in [2.75, 3.05) is 11.5 Å². The van der Waals surface area contributed by atoms with E-state index in [4.69, 9.17) is 4.74 Å². The van der Waals surface area contributed by atoms with Crippen LogP contribution in [0.25, 0.3) is 16.0 Å². The molecule has 36 heavy (non-hydrogen) atoms. The van der Waals surface area contributed by atoms with Crippen LogP contribution in [0.15, 0.2) is 72.3 Å². The van der Waals surface area contributed by atoms with E-state index in [0.717, 1.165) is 23.3 Å². The van der Waals surface area contributed by atoms with E-state index in [1.165, 1.54) is 23.1 Å². The highest BCUT2D eigenvalue weighted by atomic mass is 32.1. The molecule has 8 heteroatoms. The number of benzene rings is 3. The van der Waals surface area contributed by atoms with Crippen LogP contribution in [-0.2, 0) is 9.59 Å². The molecule has 2 heterocycles. The molecule has 1 fully saturated rings. The molecular weight excluding hydrogens is 479 g/mol. The zero-order valence-corrected chi connectivity index (χ0v) is 20.5. The van der Waals surface area contributed by atoms with Crippen molar-refractivity contribution in [1.29, 1.82) is 0 Å². The van der Waals surface area contributed by atoms with Crippen LogP contribution in [0, 0.1) is 12.7 Å². The number of carbonyl (C=O) groups is 2. The van der Waals surface area contributed by atoms with Gasteiger partial charge >= 0.3 is 5.91 Å². The minimum Gasteiger partial charge on any atom is -0.507 e. The molecule has 1 aliphatic rings. The standard InChI is InChI=1S/C28H23FN2O4S/c1-3-14-35-20-11-8-17(9-12-20)24-23(25(32)18-6-4-16(2)5-7-18)26(33)27(34)31(24)28-30-21-13-10-19(29)15-22(21)36-28/h4-13,15,24,32H,3,14H2,1-2H3/b25-23+. The van der Waals surface area contributed by atoms with Gasteiger partial charge in [0, 0.05) is 5.56 Å². The summed E-state index contributed by atoms with van der Waals surface area (Å²) in [6.07, 6.45) is 0.858. The third-order valence-corrected chi connectivity index (χ3v) is 7.00. The van der Waals surface area contributed by atoms with Crippen molar-refractivity contribution in [3.05, 3.63) is 94.8 Å². The number of thiazole rings is 1. The fourth-order valence-electron chi connectivity index (χ4n) is 4.17. The lowest BCUT2D eigenvalue weighted by atomic mass is 9.95. The van der Waals surface area contributed by atoms with E-state index in [9.17, 15) is 19.1 Å². The predicted octanol–water partition coefficient (Wildman–Crippen LogP) is 6.16. The maximum Gasteiger partial charge on any atom is 0.301 e. The minimum atomic E-state index is -0.920. The number of aliphatic hydroxyl groups excluding tert-OH is 1. The Labute approximate surface area is 211 Å². The van der Waals surface area contributed by atoms with E-state index in [1.54, 1.807) is 36.4 Å². The molecule has 5 rings (SSSR count). The Morgan fingerprint density at radius 2 is 1.81 bits per heavy atom. The molecule has 1 N–H and O–H groups in total. The van der Waals surface area contributed by atoms with Crippen LogP contribution < -0.4 is 9.64 Å². The van der Waals surface area contributed by atoms with E-state index < -0.39 is 23.5 Å². The highest BCUT2D eigenvalue weighted by Crippen LogP contribution is 2.44. The SMILES string of the molecule is CCCOc1ccc(C2/C(=C(\O)c3ccc(C)cc3)C(=O)C(=O)N2c2nc3ccc(F)cc3s2)cc1. The van der Waals surface area contributed by atoms with Gasteiger partial charge in [-0.1, -0.05) is 60.2 Å². The van der Waals surface area contributed by atoms with Crippen molar-refractivity contribution < 1.29 is 23.8 Å². The van der Waals surface area contributed by atoms with Gasteiger partial charge in [-0.15, -0.1) is 0 Å². The van der Waals surface area contributed by atoms with Gasteiger partial charge in [-0.05, 0) is 49.2 Å². The average Bonchev–Trinajstić information content (AvgIpc) is 3.40. The van der Waals surface area contributed by atoms with Crippen molar-refractivity contribution in [2.45, 2.75) is 26.3 Å². The summed E-state index contributed by atoms with van der Waals surface area (Å²) >= 11 is 1.11. The third-order valence-electron chi connectivity index (χ3n) is 5.98. The number of anilines is 1. The Kier molecular flexibility index (Phi) is 6.28. The minimum absolute atomic E-state index is 0.0310. The van der Waals surface area contributed by atoms with Crippen molar-refractivity contribution in [3.8, 4) is 5.75 Å². The molecule has 0 spiro atoms. The number of aliphatic hydroxyl groups is 1. The van der Waals surface area contributed by atoms with Gasteiger partial charge in [-0.2, -0.15) is 0 Å². The summed E-state index contributed by atoms with van der Waals surface area (Å²) < 4.78 is 20.0. The number of ether oxygens (including phenoxy) is 1. The quantitative estimate of drug-likeness (QED) is 0.194. The van der Waals surface area contributed by atoms with Crippen LogP contribution in [0.5, 0.6) is 5.75 Å². The molecule has 1 aliphatic heterocycles. The molecule has 3 aromatic carbocycles. The van der Waals surface area contributed by atoms with Gasteiger partial charge in [0.1, 0.15) is 17.3 Å². The van der Waals surface area contributed by atoms with E-state index in [-0.39, 0.29) is 16.5 Å². The van der Waals surface area contributed by atoms with Gasteiger partial charge in [0.15, 0.2) is 5.13 Å². The molecule has 0 aliphatic carbocycles. The molecule has 6 nitrogen and oxygen atoms in total. The highest BCUT2D eigenvalue weighted by molar-refractivity contribution is 7.22. The Hall–Kier alpha value is -4.04. The zero-order chi connectivity index (χ0) is 25.4. The Morgan fingerprint density at radius 3 is 2.50 bits per heavy atom. The first-order chi connectivity index (χ1) is 17.4. The topological polar surface area (TPSA) is 79.7 Å². The van der Waals surface area contributed by atoms with Gasteiger partial charge < -0.3 is 9.84 Å². The van der Waals surface area contributed by atoms with Crippen LogP contribution in [0.1, 0.15) is 36.1 Å². The second kappa shape index (κ2) is 9.54. The van der Waals surface area contributed by atoms with Crippen molar-refractivity contribution in [2.24, 2.45) is 0 Å². The number of rotatable bonds is 6. The monoisotopic (exact) mass is 502 g/mol. The van der Waals surface area contributed by atoms with Crippen LogP contribution in [0.4, 0.5) is 9.52 Å². The van der Waals surface area contributed by atoms with Crippen LogP contribution in [-0.4, -0.2) is 28.4 Å². The number of Topliss-reactive ketones (excluding diaryl/α,β-unsaturated/α-hetero) is 1. The number of fused-ring (bicyclic) bond motifs is 1. The summed E-state index contributed by atoms with van der Waals surface area (Å²) in [5.41, 5.74) is 2.51. The van der Waals surface area contributed by atoms with E-state index in [2.05, 4.69) is 4.98 Å². The number of aromatic nitrogens is 1. The molecule has 182 valence electrons. The van der Waals surface area contributed by atoms with Gasteiger partial charge in [0.2, 0.25) is 0 Å². The second-order valence-corrected chi connectivity index (χ2v) is 9.57. The lowest BCUT2D eigenvalue weighted by Crippen LogP contribution is -2.29. The van der Waals surface area contributed by atoms with Gasteiger partial charge in [-0.3, -0.25) is 14.5 Å². The largest absolute Gasteiger partial charge is 0.507 e. The fourth-order valence-corrected chi connectivity index (χ4v) is 5.18. The smallest absolute Gasteiger partial charge is 0.301 e. The normalized spacial score (nSPS) is 17.2. The van der Waals surface area contributed by atoms with Gasteiger partial charge in [-0.25, -0.2) is 9.37 Å². The summed E-state index contributed by atoms with van der Waals surface area (Å²) in [4.78, 5) is 32.4. The molecule has 0 bridgehead atoms. The average molecular weight is 503 g/mol. The molecule has 0 saturated carbocycles. The summed E-state index contributed by atoms with van der Waals surface area (Å²) in [5, 5.41) is 11.5. The fraction of sp³-hybridized carbons (Fsp3) is 0.179. The number of nitrogens with zero attached hydrogens (tertiary/aromatic N) is 2. The highest BCUT2D eigenvalue weighted by Gasteiger charge is 2.48. The Balaban J connectivity index is 1.67. The van der Waals surface area contributed by atoms with Gasteiger partial charge in [0.25, 0.3) is 5.78 Å². The lowest BCUT2D eigenvalue weighted by molar-refractivity contribution is -0.132. The van der Waals surface area contributed by atoms with Crippen LogP contribution in [0.3, 0.4) is 0 Å². The first-order valence-corrected chi connectivity index (χ1v) is 12.4.